The summed E-state index contributed by atoms with van der Waals surface area (Å²) in [6, 6.07) is 0.890. The number of rotatable bonds is 4. The average Bonchev–Trinajstić information content (AvgIpc) is 2.70. The predicted molar refractivity (Wildman–Crippen MR) is 71.1 cm³/mol. The number of nitrogens with two attached hydrogens (primary N) is 1. The van der Waals surface area contributed by atoms with Crippen LogP contribution in [0.2, 0.25) is 0 Å². The van der Waals surface area contributed by atoms with Gasteiger partial charge in [0.2, 0.25) is 10.0 Å². The number of primary sulfonamides is 1. The maximum atomic E-state index is 12.2. The van der Waals surface area contributed by atoms with Crippen LogP contribution in [-0.2, 0) is 20.6 Å². The molecule has 1 aromatic rings. The Morgan fingerprint density at radius 2 is 1.91 bits per heavy atom. The molecule has 0 bridgehead atoms. The van der Waals surface area contributed by atoms with Gasteiger partial charge in [-0.25, -0.2) is 22.9 Å². The number of ether oxygens (including phenoxy) is 1. The maximum Gasteiger partial charge on any atom is 0.334 e. The van der Waals surface area contributed by atoms with E-state index in [-0.39, 0.29) is 0 Å². The standard InChI is InChI=1S/C10H15N3O8S/c11-22(19,20)4-13-6(15)1-2-12(10(13)18)9-8(17)7(16)5(3-14)21-9/h1-2,5,7-9,14,16-17H,3-4H2,(H2,11,19,20)/t5-,7-,8-,9-/m1/s1. The van der Waals surface area contributed by atoms with E-state index in [0.717, 1.165) is 16.8 Å². The molecule has 1 fully saturated rings. The minimum atomic E-state index is -4.15. The van der Waals surface area contributed by atoms with Crippen molar-refractivity contribution < 1.29 is 28.5 Å². The molecule has 5 N–H and O–H groups in total. The molecule has 1 aromatic heterocycles. The Bertz CT molecular complexity index is 769. The van der Waals surface area contributed by atoms with Crippen molar-refractivity contribution in [1.82, 2.24) is 9.13 Å². The fourth-order valence-electron chi connectivity index (χ4n) is 2.13. The summed E-state index contributed by atoms with van der Waals surface area (Å²) in [5, 5.41) is 33.3. The van der Waals surface area contributed by atoms with Crippen LogP contribution in [-0.4, -0.2) is 57.8 Å². The zero-order valence-electron chi connectivity index (χ0n) is 11.1. The van der Waals surface area contributed by atoms with Crippen molar-refractivity contribution in [3.63, 3.8) is 0 Å². The normalized spacial score (nSPS) is 28.9. The number of hydrogen-bond donors (Lipinski definition) is 4. The molecular weight excluding hydrogens is 322 g/mol. The number of sulfonamides is 1. The minimum Gasteiger partial charge on any atom is -0.394 e. The van der Waals surface area contributed by atoms with Crippen molar-refractivity contribution in [2.45, 2.75) is 30.4 Å². The van der Waals surface area contributed by atoms with E-state index in [1.807, 2.05) is 0 Å². The summed E-state index contributed by atoms with van der Waals surface area (Å²) in [5.74, 6) is -1.04. The first-order valence-electron chi connectivity index (χ1n) is 6.10. The summed E-state index contributed by atoms with van der Waals surface area (Å²) in [6.45, 7) is -0.597. The molecule has 1 aliphatic heterocycles. The van der Waals surface area contributed by atoms with Gasteiger partial charge in [0, 0.05) is 12.3 Å². The summed E-state index contributed by atoms with van der Waals surface area (Å²) >= 11 is 0. The van der Waals surface area contributed by atoms with Crippen LogP contribution in [0.4, 0.5) is 0 Å². The molecule has 1 aliphatic rings. The van der Waals surface area contributed by atoms with Crippen molar-refractivity contribution in [2.75, 3.05) is 6.61 Å². The second-order valence-electron chi connectivity index (χ2n) is 4.79. The molecule has 0 aromatic carbocycles. The summed E-state index contributed by atoms with van der Waals surface area (Å²) in [6.07, 6.45) is -4.50. The van der Waals surface area contributed by atoms with Gasteiger partial charge in [0.25, 0.3) is 5.56 Å². The van der Waals surface area contributed by atoms with E-state index >= 15 is 0 Å². The number of hydrogen-bond acceptors (Lipinski definition) is 8. The molecule has 4 atom stereocenters. The summed E-state index contributed by atoms with van der Waals surface area (Å²) in [5.41, 5.74) is -1.99. The van der Waals surface area contributed by atoms with Crippen LogP contribution >= 0.6 is 0 Å². The molecule has 2 rings (SSSR count). The van der Waals surface area contributed by atoms with E-state index in [2.05, 4.69) is 0 Å². The van der Waals surface area contributed by atoms with Crippen molar-refractivity contribution in [2.24, 2.45) is 5.14 Å². The second kappa shape index (κ2) is 5.91. The molecule has 1 saturated heterocycles. The van der Waals surface area contributed by atoms with Crippen molar-refractivity contribution in [3.8, 4) is 0 Å². The molecule has 11 nitrogen and oxygen atoms in total. The Hall–Kier alpha value is -1.57. The molecule has 22 heavy (non-hydrogen) atoms. The first-order valence-corrected chi connectivity index (χ1v) is 7.82. The van der Waals surface area contributed by atoms with Crippen LogP contribution in [0.25, 0.3) is 0 Å². The zero-order chi connectivity index (χ0) is 16.7. The quantitative estimate of drug-likeness (QED) is 0.428. The van der Waals surface area contributed by atoms with Gasteiger partial charge < -0.3 is 20.1 Å². The Kier molecular flexibility index (Phi) is 4.51. The van der Waals surface area contributed by atoms with Crippen molar-refractivity contribution >= 4 is 10.0 Å². The molecule has 12 heteroatoms. The van der Waals surface area contributed by atoms with E-state index in [1.165, 1.54) is 0 Å². The van der Waals surface area contributed by atoms with Gasteiger partial charge in [-0.15, -0.1) is 0 Å². The van der Waals surface area contributed by atoms with Crippen LogP contribution in [0.15, 0.2) is 21.9 Å². The Morgan fingerprint density at radius 1 is 1.27 bits per heavy atom. The largest absolute Gasteiger partial charge is 0.394 e. The van der Waals surface area contributed by atoms with E-state index < -0.39 is 58.3 Å². The molecule has 2 heterocycles. The van der Waals surface area contributed by atoms with Crippen LogP contribution in [0.5, 0.6) is 0 Å². The molecule has 0 spiro atoms. The van der Waals surface area contributed by atoms with Crippen LogP contribution in [0.1, 0.15) is 6.23 Å². The average molecular weight is 337 g/mol. The monoisotopic (exact) mass is 337 g/mol. The number of aliphatic hydroxyl groups is 3. The number of aromatic nitrogens is 2. The van der Waals surface area contributed by atoms with Gasteiger partial charge in [0.15, 0.2) is 6.23 Å². The first-order chi connectivity index (χ1) is 10.2. The summed E-state index contributed by atoms with van der Waals surface area (Å²) in [4.78, 5) is 23.8. The highest BCUT2D eigenvalue weighted by atomic mass is 32.2. The van der Waals surface area contributed by atoms with E-state index in [1.54, 1.807) is 0 Å². The van der Waals surface area contributed by atoms with Gasteiger partial charge in [0.05, 0.1) is 6.61 Å². The minimum absolute atomic E-state index is 0.351. The van der Waals surface area contributed by atoms with Crippen molar-refractivity contribution in [1.29, 1.82) is 0 Å². The van der Waals surface area contributed by atoms with E-state index in [4.69, 9.17) is 15.0 Å². The van der Waals surface area contributed by atoms with Gasteiger partial charge in [-0.1, -0.05) is 0 Å². The second-order valence-corrected chi connectivity index (χ2v) is 6.38. The first kappa shape index (κ1) is 16.8. The lowest BCUT2D eigenvalue weighted by Gasteiger charge is -2.18. The number of aliphatic hydroxyl groups excluding tert-OH is 3. The van der Waals surface area contributed by atoms with E-state index in [9.17, 15) is 28.2 Å². The van der Waals surface area contributed by atoms with Crippen LogP contribution in [0, 0.1) is 0 Å². The SMILES string of the molecule is NS(=O)(=O)Cn1c(=O)ccn([C@@H]2O[C@H](CO)[C@@H](O)[C@H]2O)c1=O. The highest BCUT2D eigenvalue weighted by Crippen LogP contribution is 2.27. The van der Waals surface area contributed by atoms with Crippen LogP contribution in [0.3, 0.4) is 0 Å². The predicted octanol–water partition coefficient (Wildman–Crippen LogP) is -4.13. The molecule has 0 aliphatic carbocycles. The lowest BCUT2D eigenvalue weighted by molar-refractivity contribution is -0.0555. The topological polar surface area (TPSA) is 174 Å². The smallest absolute Gasteiger partial charge is 0.334 e. The molecule has 124 valence electrons. The highest BCUT2D eigenvalue weighted by molar-refractivity contribution is 7.88. The lowest BCUT2D eigenvalue weighted by Crippen LogP contribution is -2.44. The lowest BCUT2D eigenvalue weighted by atomic mass is 10.1. The third-order valence-electron chi connectivity index (χ3n) is 3.20. The van der Waals surface area contributed by atoms with Crippen LogP contribution < -0.4 is 16.4 Å². The maximum absolute atomic E-state index is 12.2. The summed E-state index contributed by atoms with van der Waals surface area (Å²) in [7, 11) is -4.15. The fraction of sp³-hybridized carbons (Fsp3) is 0.600. The van der Waals surface area contributed by atoms with E-state index in [0.29, 0.717) is 4.57 Å². The van der Waals surface area contributed by atoms with Crippen molar-refractivity contribution in [3.05, 3.63) is 33.1 Å². The fourth-order valence-corrected chi connectivity index (χ4v) is 2.73. The van der Waals surface area contributed by atoms with Gasteiger partial charge >= 0.3 is 5.69 Å². The third kappa shape index (κ3) is 3.11. The van der Waals surface area contributed by atoms with Gasteiger partial charge in [0.1, 0.15) is 24.2 Å². The highest BCUT2D eigenvalue weighted by Gasteiger charge is 2.43. The number of nitrogens with zero attached hydrogens (tertiary/aromatic N) is 2. The third-order valence-corrected chi connectivity index (χ3v) is 3.81. The Labute approximate surface area is 123 Å². The molecule has 0 saturated carbocycles. The molecular formula is C10H15N3O8S. The molecule has 0 amide bonds. The molecule has 0 radical (unpaired) electrons. The Balaban J connectivity index is 2.48. The van der Waals surface area contributed by atoms with Gasteiger partial charge in [-0.3, -0.25) is 9.36 Å². The van der Waals surface area contributed by atoms with Gasteiger partial charge in [-0.05, 0) is 0 Å². The zero-order valence-corrected chi connectivity index (χ0v) is 12.0. The molecule has 0 unspecified atom stereocenters. The summed E-state index contributed by atoms with van der Waals surface area (Å²) < 4.78 is 28.4. The Morgan fingerprint density at radius 3 is 2.41 bits per heavy atom. The van der Waals surface area contributed by atoms with Gasteiger partial charge in [-0.2, -0.15) is 0 Å².